The predicted molar refractivity (Wildman–Crippen MR) is 128 cm³/mol. The molecule has 4 aliphatic rings. The van der Waals surface area contributed by atoms with Gasteiger partial charge in [-0.05, 0) is 91.3 Å². The van der Waals surface area contributed by atoms with Gasteiger partial charge in [0, 0.05) is 11.8 Å². The molecule has 3 fully saturated rings. The molecular weight excluding hydrogens is 380 g/mol. The molecule has 4 aliphatic carbocycles. The Morgan fingerprint density at radius 1 is 0.968 bits per heavy atom. The van der Waals surface area contributed by atoms with Crippen LogP contribution in [0.2, 0.25) is 0 Å². The first-order chi connectivity index (χ1) is 14.7. The maximum Gasteiger partial charge on any atom is 0.127 e. The maximum atomic E-state index is 12.3. The molecule has 0 amide bonds. The molecule has 0 bridgehead atoms. The van der Waals surface area contributed by atoms with Crippen molar-refractivity contribution in [1.29, 1.82) is 0 Å². The normalized spacial score (nSPS) is 45.3. The number of carbonyl (C=O) groups is 2. The van der Waals surface area contributed by atoms with Crippen LogP contribution in [0.5, 0.6) is 0 Å². The topological polar surface area (TPSA) is 34.1 Å². The van der Waals surface area contributed by atoms with E-state index in [2.05, 4.69) is 40.7 Å². The number of fused-ring (bicyclic) bond motifs is 5. The summed E-state index contributed by atoms with van der Waals surface area (Å²) in [7, 11) is 0. The van der Waals surface area contributed by atoms with E-state index >= 15 is 0 Å². The Labute approximate surface area is 191 Å². The first-order valence-electron chi connectivity index (χ1n) is 13.4. The van der Waals surface area contributed by atoms with Crippen LogP contribution in [-0.4, -0.2) is 12.6 Å². The molecule has 174 valence electrons. The van der Waals surface area contributed by atoms with Gasteiger partial charge in [0.05, 0.1) is 0 Å². The zero-order valence-electron chi connectivity index (χ0n) is 20.7. The molecule has 0 aromatic rings. The summed E-state index contributed by atoms with van der Waals surface area (Å²) in [4.78, 5) is 23.8. The number of aldehydes is 2. The maximum absolute atomic E-state index is 12.3. The van der Waals surface area contributed by atoms with E-state index in [0.29, 0.717) is 23.2 Å². The Hall–Kier alpha value is -0.920. The summed E-state index contributed by atoms with van der Waals surface area (Å²) in [5.41, 5.74) is 2.06. The van der Waals surface area contributed by atoms with E-state index in [1.54, 1.807) is 0 Å². The molecule has 9 atom stereocenters. The molecule has 4 rings (SSSR count). The third-order valence-corrected chi connectivity index (χ3v) is 10.8. The van der Waals surface area contributed by atoms with Crippen molar-refractivity contribution in [2.24, 2.45) is 58.2 Å². The van der Waals surface area contributed by atoms with Crippen molar-refractivity contribution < 1.29 is 9.59 Å². The summed E-state index contributed by atoms with van der Waals surface area (Å²) in [6, 6.07) is 0. The fraction of sp³-hybridized carbons (Fsp3) is 0.862. The summed E-state index contributed by atoms with van der Waals surface area (Å²) < 4.78 is 0. The van der Waals surface area contributed by atoms with Gasteiger partial charge in [-0.25, -0.2) is 0 Å². The van der Waals surface area contributed by atoms with Crippen molar-refractivity contribution in [2.75, 3.05) is 0 Å². The van der Waals surface area contributed by atoms with Crippen molar-refractivity contribution >= 4 is 12.6 Å². The van der Waals surface area contributed by atoms with Gasteiger partial charge in [0.15, 0.2) is 0 Å². The molecule has 0 spiro atoms. The van der Waals surface area contributed by atoms with Gasteiger partial charge in [0.25, 0.3) is 0 Å². The van der Waals surface area contributed by atoms with Crippen molar-refractivity contribution in [2.45, 2.75) is 98.8 Å². The molecule has 0 heterocycles. The lowest BCUT2D eigenvalue weighted by molar-refractivity contribution is -0.120. The number of rotatable bonds is 7. The second kappa shape index (κ2) is 8.79. The summed E-state index contributed by atoms with van der Waals surface area (Å²) in [5, 5.41) is 0. The summed E-state index contributed by atoms with van der Waals surface area (Å²) in [6.07, 6.45) is 17.2. The Bertz CT molecular complexity index is 708. The standard InChI is InChI=1S/C29H46O2/c1-19(2)7-6-8-20(3)24-9-10-25-27-22(18-31)16-23-15-21(17-30)11-13-28(23,4)26(27)12-14-29(24,25)5/h16-22,24-27H,6-15H2,1-5H3/t20-,21+,22-,24-,25+,26+,27+,28+,29-/m1/s1. The molecule has 0 aromatic carbocycles. The Balaban J connectivity index is 1.57. The average molecular weight is 427 g/mol. The van der Waals surface area contributed by atoms with Crippen molar-refractivity contribution in [3.05, 3.63) is 11.6 Å². The van der Waals surface area contributed by atoms with Crippen LogP contribution >= 0.6 is 0 Å². The van der Waals surface area contributed by atoms with Gasteiger partial charge in [-0.3, -0.25) is 0 Å². The second-order valence-electron chi connectivity index (χ2n) is 12.8. The van der Waals surface area contributed by atoms with Crippen molar-refractivity contribution in [3.63, 3.8) is 0 Å². The van der Waals surface area contributed by atoms with Gasteiger partial charge >= 0.3 is 0 Å². The number of hydrogen-bond donors (Lipinski definition) is 0. The zero-order chi connectivity index (χ0) is 22.4. The van der Waals surface area contributed by atoms with Crippen LogP contribution in [0.1, 0.15) is 98.8 Å². The predicted octanol–water partition coefficient (Wildman–Crippen LogP) is 7.27. The minimum absolute atomic E-state index is 0.0677. The molecule has 0 unspecified atom stereocenters. The van der Waals surface area contributed by atoms with Gasteiger partial charge in [-0.2, -0.15) is 0 Å². The molecule has 2 nitrogen and oxygen atoms in total. The lowest BCUT2D eigenvalue weighted by atomic mass is 9.45. The van der Waals surface area contributed by atoms with Crippen LogP contribution in [0, 0.1) is 58.2 Å². The molecule has 3 saturated carbocycles. The minimum atomic E-state index is 0.0677. The van der Waals surface area contributed by atoms with Gasteiger partial charge in [0.1, 0.15) is 12.6 Å². The molecular formula is C29H46O2. The van der Waals surface area contributed by atoms with Gasteiger partial charge in [0.2, 0.25) is 0 Å². The lowest BCUT2D eigenvalue weighted by Gasteiger charge is -2.59. The first-order valence-corrected chi connectivity index (χ1v) is 13.4. The highest BCUT2D eigenvalue weighted by Gasteiger charge is 2.61. The van der Waals surface area contributed by atoms with Crippen LogP contribution < -0.4 is 0 Å². The smallest absolute Gasteiger partial charge is 0.127 e. The highest BCUT2D eigenvalue weighted by atomic mass is 16.1. The molecule has 0 aliphatic heterocycles. The summed E-state index contributed by atoms with van der Waals surface area (Å²) >= 11 is 0. The molecule has 0 radical (unpaired) electrons. The van der Waals surface area contributed by atoms with Gasteiger partial charge < -0.3 is 9.59 Å². The van der Waals surface area contributed by atoms with E-state index in [1.807, 2.05) is 0 Å². The zero-order valence-corrected chi connectivity index (χ0v) is 20.7. The van der Waals surface area contributed by atoms with E-state index in [1.165, 1.54) is 56.8 Å². The Kier molecular flexibility index (Phi) is 6.59. The fourth-order valence-corrected chi connectivity index (χ4v) is 9.03. The van der Waals surface area contributed by atoms with E-state index in [-0.39, 0.29) is 17.3 Å². The molecule has 0 saturated heterocycles. The summed E-state index contributed by atoms with van der Waals surface area (Å²) in [6.45, 7) is 12.3. The molecule has 2 heteroatoms. The number of hydrogen-bond acceptors (Lipinski definition) is 2. The Morgan fingerprint density at radius 3 is 2.42 bits per heavy atom. The van der Waals surface area contributed by atoms with Crippen LogP contribution in [0.4, 0.5) is 0 Å². The fourth-order valence-electron chi connectivity index (χ4n) is 9.03. The van der Waals surface area contributed by atoms with E-state index in [0.717, 1.165) is 43.3 Å². The van der Waals surface area contributed by atoms with Crippen LogP contribution in [0.3, 0.4) is 0 Å². The van der Waals surface area contributed by atoms with E-state index in [9.17, 15) is 9.59 Å². The third kappa shape index (κ3) is 3.89. The van der Waals surface area contributed by atoms with E-state index < -0.39 is 0 Å². The SMILES string of the molecule is CC(C)CCC[C@@H](C)[C@H]1CC[C@H]2[C@@H]3[C@@H](C=O)C=C4C[C@@H](C=O)CC[C@]4(C)[C@H]3CC[C@]12C. The van der Waals surface area contributed by atoms with E-state index in [4.69, 9.17) is 0 Å². The second-order valence-corrected chi connectivity index (χ2v) is 12.8. The third-order valence-electron chi connectivity index (χ3n) is 10.8. The summed E-state index contributed by atoms with van der Waals surface area (Å²) in [5.74, 6) is 4.50. The first kappa shape index (κ1) is 23.2. The average Bonchev–Trinajstić information content (AvgIpc) is 3.09. The van der Waals surface area contributed by atoms with Crippen molar-refractivity contribution in [3.8, 4) is 0 Å². The molecule has 0 N–H and O–H groups in total. The molecule has 0 aromatic heterocycles. The Morgan fingerprint density at radius 2 is 1.74 bits per heavy atom. The van der Waals surface area contributed by atoms with Gasteiger partial charge in [-0.15, -0.1) is 0 Å². The number of allylic oxidation sites excluding steroid dienone is 2. The number of carbonyl (C=O) groups excluding carboxylic acids is 2. The quantitative estimate of drug-likeness (QED) is 0.317. The minimum Gasteiger partial charge on any atom is -0.303 e. The van der Waals surface area contributed by atoms with Crippen LogP contribution in [0.25, 0.3) is 0 Å². The van der Waals surface area contributed by atoms with Gasteiger partial charge in [-0.1, -0.05) is 65.5 Å². The monoisotopic (exact) mass is 426 g/mol. The lowest BCUT2D eigenvalue weighted by Crippen LogP contribution is -2.53. The highest BCUT2D eigenvalue weighted by molar-refractivity contribution is 5.60. The largest absolute Gasteiger partial charge is 0.303 e. The van der Waals surface area contributed by atoms with Crippen LogP contribution in [0.15, 0.2) is 11.6 Å². The molecule has 31 heavy (non-hydrogen) atoms. The highest BCUT2D eigenvalue weighted by Crippen LogP contribution is 2.68. The van der Waals surface area contributed by atoms with Crippen LogP contribution in [-0.2, 0) is 9.59 Å². The van der Waals surface area contributed by atoms with Crippen molar-refractivity contribution in [1.82, 2.24) is 0 Å².